The van der Waals surface area contributed by atoms with E-state index >= 15 is 0 Å². The molecule has 0 bridgehead atoms. The van der Waals surface area contributed by atoms with E-state index in [1.54, 1.807) is 0 Å². The SMILES string of the molecule is [C-]#[N+]CC(=O)OC1(c2ccccc2)CCNCC1. The summed E-state index contributed by atoms with van der Waals surface area (Å²) in [5.41, 5.74) is 0.457. The summed E-state index contributed by atoms with van der Waals surface area (Å²) in [7, 11) is 0. The van der Waals surface area contributed by atoms with Crippen molar-refractivity contribution in [3.8, 4) is 0 Å². The molecule has 18 heavy (non-hydrogen) atoms. The monoisotopic (exact) mass is 244 g/mol. The van der Waals surface area contributed by atoms with E-state index in [1.807, 2.05) is 30.3 Å². The van der Waals surface area contributed by atoms with E-state index in [0.29, 0.717) is 0 Å². The molecule has 4 nitrogen and oxygen atoms in total. The Morgan fingerprint density at radius 3 is 2.61 bits per heavy atom. The fraction of sp³-hybridized carbons (Fsp3) is 0.429. The highest BCUT2D eigenvalue weighted by atomic mass is 16.6. The van der Waals surface area contributed by atoms with E-state index in [0.717, 1.165) is 31.5 Å². The van der Waals surface area contributed by atoms with E-state index in [2.05, 4.69) is 10.2 Å². The summed E-state index contributed by atoms with van der Waals surface area (Å²) in [5, 5.41) is 3.26. The second kappa shape index (κ2) is 5.65. The van der Waals surface area contributed by atoms with Crippen LogP contribution in [0.3, 0.4) is 0 Å². The summed E-state index contributed by atoms with van der Waals surface area (Å²) < 4.78 is 5.61. The maximum absolute atomic E-state index is 11.6. The molecular weight excluding hydrogens is 228 g/mol. The largest absolute Gasteiger partial charge is 0.449 e. The molecule has 0 aliphatic carbocycles. The number of piperidine rings is 1. The van der Waals surface area contributed by atoms with Crippen LogP contribution in [0.25, 0.3) is 4.85 Å². The van der Waals surface area contributed by atoms with Gasteiger partial charge in [0, 0.05) is 12.8 Å². The van der Waals surface area contributed by atoms with Gasteiger partial charge in [0.2, 0.25) is 0 Å². The van der Waals surface area contributed by atoms with Gasteiger partial charge in [-0.15, -0.1) is 0 Å². The smallest absolute Gasteiger partial charge is 0.388 e. The summed E-state index contributed by atoms with van der Waals surface area (Å²) >= 11 is 0. The van der Waals surface area contributed by atoms with Crippen molar-refractivity contribution in [2.75, 3.05) is 19.6 Å². The van der Waals surface area contributed by atoms with Crippen LogP contribution in [0.1, 0.15) is 18.4 Å². The van der Waals surface area contributed by atoms with Gasteiger partial charge in [0.05, 0.1) is 0 Å². The molecule has 94 valence electrons. The summed E-state index contributed by atoms with van der Waals surface area (Å²) in [4.78, 5) is 14.7. The Morgan fingerprint density at radius 2 is 2.00 bits per heavy atom. The second-order valence-corrected chi connectivity index (χ2v) is 4.40. The molecule has 1 N–H and O–H groups in total. The molecule has 0 atom stereocenters. The first-order chi connectivity index (χ1) is 8.77. The van der Waals surface area contributed by atoms with Crippen molar-refractivity contribution in [2.45, 2.75) is 18.4 Å². The van der Waals surface area contributed by atoms with Crippen molar-refractivity contribution in [2.24, 2.45) is 0 Å². The first-order valence-corrected chi connectivity index (χ1v) is 6.08. The summed E-state index contributed by atoms with van der Waals surface area (Å²) in [6.45, 7) is 8.16. The van der Waals surface area contributed by atoms with Crippen LogP contribution in [0, 0.1) is 6.57 Å². The number of benzene rings is 1. The first kappa shape index (κ1) is 12.6. The minimum Gasteiger partial charge on any atom is -0.449 e. The average molecular weight is 244 g/mol. The fourth-order valence-corrected chi connectivity index (χ4v) is 2.34. The Balaban J connectivity index is 2.24. The predicted octanol–water partition coefficient (Wildman–Crippen LogP) is 1.73. The fourth-order valence-electron chi connectivity index (χ4n) is 2.34. The van der Waals surface area contributed by atoms with Gasteiger partial charge in [0.25, 0.3) is 0 Å². The zero-order valence-electron chi connectivity index (χ0n) is 10.2. The number of hydrogen-bond acceptors (Lipinski definition) is 3. The number of nitrogens with zero attached hydrogens (tertiary/aromatic N) is 1. The van der Waals surface area contributed by atoms with Gasteiger partial charge in [0.1, 0.15) is 5.60 Å². The van der Waals surface area contributed by atoms with Gasteiger partial charge in [-0.1, -0.05) is 30.3 Å². The van der Waals surface area contributed by atoms with E-state index < -0.39 is 11.6 Å². The third-order valence-electron chi connectivity index (χ3n) is 3.23. The zero-order chi connectivity index (χ0) is 12.8. The molecule has 0 aromatic heterocycles. The molecule has 0 amide bonds. The third kappa shape index (κ3) is 2.69. The lowest BCUT2D eigenvalue weighted by Crippen LogP contribution is -2.43. The molecule has 1 aliphatic heterocycles. The lowest BCUT2D eigenvalue weighted by atomic mass is 9.85. The number of rotatable bonds is 3. The molecule has 1 saturated heterocycles. The van der Waals surface area contributed by atoms with E-state index in [9.17, 15) is 4.79 Å². The highest BCUT2D eigenvalue weighted by molar-refractivity contribution is 5.74. The Morgan fingerprint density at radius 1 is 1.33 bits per heavy atom. The Hall–Kier alpha value is -1.86. The molecule has 1 aromatic rings. The third-order valence-corrected chi connectivity index (χ3v) is 3.23. The van der Waals surface area contributed by atoms with Crippen molar-refractivity contribution in [3.05, 3.63) is 47.3 Å². The van der Waals surface area contributed by atoms with Crippen molar-refractivity contribution >= 4 is 5.97 Å². The average Bonchev–Trinajstić information content (AvgIpc) is 2.41. The Labute approximate surface area is 107 Å². The van der Waals surface area contributed by atoms with Crippen LogP contribution in [-0.2, 0) is 15.1 Å². The molecule has 1 aromatic carbocycles. The van der Waals surface area contributed by atoms with Crippen molar-refractivity contribution in [1.29, 1.82) is 0 Å². The van der Waals surface area contributed by atoms with Gasteiger partial charge >= 0.3 is 12.5 Å². The van der Waals surface area contributed by atoms with E-state index in [1.165, 1.54) is 0 Å². The maximum Gasteiger partial charge on any atom is 0.388 e. The minimum atomic E-state index is -0.561. The lowest BCUT2D eigenvalue weighted by Gasteiger charge is -2.37. The molecule has 2 rings (SSSR count). The van der Waals surface area contributed by atoms with Crippen molar-refractivity contribution in [1.82, 2.24) is 5.32 Å². The molecule has 1 aliphatic rings. The molecule has 0 spiro atoms. The second-order valence-electron chi connectivity index (χ2n) is 4.40. The van der Waals surface area contributed by atoms with Crippen LogP contribution >= 0.6 is 0 Å². The van der Waals surface area contributed by atoms with Gasteiger partial charge in [-0.05, 0) is 18.7 Å². The first-order valence-electron chi connectivity index (χ1n) is 6.08. The number of nitrogens with one attached hydrogen (secondary N) is 1. The van der Waals surface area contributed by atoms with Crippen LogP contribution in [0.15, 0.2) is 30.3 Å². The highest BCUT2D eigenvalue weighted by Crippen LogP contribution is 2.34. The van der Waals surface area contributed by atoms with Gasteiger partial charge in [-0.3, -0.25) is 0 Å². The molecule has 0 saturated carbocycles. The summed E-state index contributed by atoms with van der Waals surface area (Å²) in [5.74, 6) is -0.434. The van der Waals surface area contributed by atoms with E-state index in [4.69, 9.17) is 11.3 Å². The number of esters is 1. The quantitative estimate of drug-likeness (QED) is 0.650. The van der Waals surface area contributed by atoms with Crippen LogP contribution in [0.4, 0.5) is 0 Å². The number of ether oxygens (including phenoxy) is 1. The van der Waals surface area contributed by atoms with Crippen LogP contribution < -0.4 is 5.32 Å². The normalized spacial score (nSPS) is 17.7. The molecule has 0 unspecified atom stereocenters. The molecule has 1 heterocycles. The summed E-state index contributed by atoms with van der Waals surface area (Å²) in [6.07, 6.45) is 1.50. The van der Waals surface area contributed by atoms with Gasteiger partial charge in [-0.25, -0.2) is 11.4 Å². The molecule has 1 fully saturated rings. The highest BCUT2D eigenvalue weighted by Gasteiger charge is 2.38. The van der Waals surface area contributed by atoms with Crippen LogP contribution in [0.2, 0.25) is 0 Å². The minimum absolute atomic E-state index is 0.206. The number of carbonyl (C=O) groups excluding carboxylic acids is 1. The molecule has 0 radical (unpaired) electrons. The van der Waals surface area contributed by atoms with Crippen LogP contribution in [0.5, 0.6) is 0 Å². The zero-order valence-corrected chi connectivity index (χ0v) is 10.2. The standard InChI is InChI=1S/C14H16N2O2/c1-15-11-13(17)18-14(7-9-16-10-8-14)12-5-3-2-4-6-12/h2-6,16H,7-11H2. The van der Waals surface area contributed by atoms with Gasteiger partial charge in [-0.2, -0.15) is 0 Å². The Bertz CT molecular complexity index is 445. The van der Waals surface area contributed by atoms with Gasteiger partial charge in [0.15, 0.2) is 0 Å². The Kier molecular flexibility index (Phi) is 3.96. The topological polar surface area (TPSA) is 42.7 Å². The lowest BCUT2D eigenvalue weighted by molar-refractivity contribution is -0.161. The maximum atomic E-state index is 11.6. The van der Waals surface area contributed by atoms with Crippen molar-refractivity contribution < 1.29 is 9.53 Å². The van der Waals surface area contributed by atoms with Gasteiger partial charge < -0.3 is 14.9 Å². The predicted molar refractivity (Wildman–Crippen MR) is 67.8 cm³/mol. The molecule has 4 heteroatoms. The number of hydrogen-bond donors (Lipinski definition) is 1. The van der Waals surface area contributed by atoms with Crippen LogP contribution in [-0.4, -0.2) is 25.6 Å². The summed E-state index contributed by atoms with van der Waals surface area (Å²) in [6, 6.07) is 9.80. The van der Waals surface area contributed by atoms with E-state index in [-0.39, 0.29) is 6.54 Å². The van der Waals surface area contributed by atoms with Crippen molar-refractivity contribution in [3.63, 3.8) is 0 Å². The number of carbonyl (C=O) groups is 1. The molecular formula is C14H16N2O2.